The lowest BCUT2D eigenvalue weighted by molar-refractivity contribution is -0.331. The van der Waals surface area contributed by atoms with Crippen molar-refractivity contribution in [3.8, 4) is 0 Å². The van der Waals surface area contributed by atoms with Gasteiger partial charge in [-0.3, -0.25) is 0 Å². The van der Waals surface area contributed by atoms with Crippen molar-refractivity contribution >= 4 is 31.9 Å². The van der Waals surface area contributed by atoms with Crippen molar-refractivity contribution in [1.82, 2.24) is 0 Å². The molecule has 0 nitrogen and oxygen atoms in total. The second-order valence-electron chi connectivity index (χ2n) is 12.4. The van der Waals surface area contributed by atoms with Crippen LogP contribution in [0.5, 0.6) is 0 Å². The van der Waals surface area contributed by atoms with E-state index in [9.17, 15) is 26.3 Å². The highest BCUT2D eigenvalue weighted by atomic mass is 79.9. The maximum absolute atomic E-state index is 14.4. The molecule has 8 rings (SSSR count). The zero-order valence-electron chi connectivity index (χ0n) is 16.7. The molecule has 8 aliphatic carbocycles. The average molecular weight is 564 g/mol. The van der Waals surface area contributed by atoms with Crippen LogP contribution in [0.2, 0.25) is 0 Å². The van der Waals surface area contributed by atoms with Gasteiger partial charge < -0.3 is 0 Å². The van der Waals surface area contributed by atoms with E-state index in [1.807, 2.05) is 0 Å². The highest BCUT2D eigenvalue weighted by molar-refractivity contribution is 9.10. The minimum absolute atomic E-state index is 0.0385. The maximum Gasteiger partial charge on any atom is 0.394 e. The van der Waals surface area contributed by atoms with E-state index in [-0.39, 0.29) is 50.4 Å². The summed E-state index contributed by atoms with van der Waals surface area (Å²) in [6, 6.07) is 0. The quantitative estimate of drug-likeness (QED) is 0.222. The van der Waals surface area contributed by atoms with E-state index in [0.717, 1.165) is 12.8 Å². The fourth-order valence-corrected chi connectivity index (χ4v) is 13.5. The summed E-state index contributed by atoms with van der Waals surface area (Å²) in [5.74, 6) is -0.0771. The number of alkyl halides is 8. The largest absolute Gasteiger partial charge is 0.394 e. The molecule has 0 aromatic carbocycles. The summed E-state index contributed by atoms with van der Waals surface area (Å²) in [6.45, 7) is 0. The molecule has 8 bridgehead atoms. The molecule has 8 atom stereocenters. The van der Waals surface area contributed by atoms with Gasteiger partial charge in [0, 0.05) is 8.65 Å². The molecule has 0 aromatic rings. The number of rotatable bonds is 1. The van der Waals surface area contributed by atoms with E-state index < -0.39 is 42.7 Å². The molecule has 0 saturated heterocycles. The summed E-state index contributed by atoms with van der Waals surface area (Å²) in [4.78, 5) is 0. The van der Waals surface area contributed by atoms with Crippen molar-refractivity contribution in [3.63, 3.8) is 0 Å². The van der Waals surface area contributed by atoms with Gasteiger partial charge in [0.05, 0.1) is 10.8 Å². The Balaban J connectivity index is 1.50. The van der Waals surface area contributed by atoms with Gasteiger partial charge in [-0.25, -0.2) is 0 Å². The zero-order chi connectivity index (χ0) is 21.6. The summed E-state index contributed by atoms with van der Waals surface area (Å²) in [5.41, 5.74) is -4.74. The standard InChI is InChI=1S/C22H26Br2F6/c23-19-5-13-1-15(9-19,7-17(3-13,11-19)21(25,26)27)16-2-14-4-18(8-16,22(28,29)30)12-20(24,6-14)10-16/h13-14H,1-12H2. The van der Waals surface area contributed by atoms with E-state index in [0.29, 0.717) is 25.7 Å². The Morgan fingerprint density at radius 3 is 1.17 bits per heavy atom. The van der Waals surface area contributed by atoms with E-state index in [1.54, 1.807) is 0 Å². The van der Waals surface area contributed by atoms with Crippen LogP contribution in [0.25, 0.3) is 0 Å². The van der Waals surface area contributed by atoms with Gasteiger partial charge in [-0.15, -0.1) is 0 Å². The molecule has 0 N–H and O–H groups in total. The molecule has 8 aliphatic rings. The third kappa shape index (κ3) is 2.47. The minimum Gasteiger partial charge on any atom is -0.171 e. The van der Waals surface area contributed by atoms with E-state index in [2.05, 4.69) is 31.9 Å². The molecule has 0 aliphatic heterocycles. The zero-order valence-corrected chi connectivity index (χ0v) is 19.8. The molecular weight excluding hydrogens is 538 g/mol. The van der Waals surface area contributed by atoms with Gasteiger partial charge >= 0.3 is 12.4 Å². The van der Waals surface area contributed by atoms with Gasteiger partial charge in [0.1, 0.15) is 0 Å². The monoisotopic (exact) mass is 562 g/mol. The highest BCUT2D eigenvalue weighted by Gasteiger charge is 2.79. The van der Waals surface area contributed by atoms with Crippen LogP contribution in [0, 0.1) is 33.5 Å². The van der Waals surface area contributed by atoms with E-state index in [4.69, 9.17) is 0 Å². The molecular formula is C22H26Br2F6. The van der Waals surface area contributed by atoms with Crippen molar-refractivity contribution in [1.29, 1.82) is 0 Å². The van der Waals surface area contributed by atoms with Crippen LogP contribution in [-0.4, -0.2) is 21.0 Å². The maximum atomic E-state index is 14.4. The minimum atomic E-state index is -4.30. The predicted molar refractivity (Wildman–Crippen MR) is 108 cm³/mol. The molecule has 0 amide bonds. The topological polar surface area (TPSA) is 0 Å². The van der Waals surface area contributed by atoms with Crippen LogP contribution < -0.4 is 0 Å². The fraction of sp³-hybridized carbons (Fsp3) is 1.00. The smallest absolute Gasteiger partial charge is 0.171 e. The normalized spacial score (nSPS) is 59.2. The molecule has 8 saturated carbocycles. The lowest BCUT2D eigenvalue weighted by Crippen LogP contribution is -2.71. The number of hydrogen-bond donors (Lipinski definition) is 0. The molecule has 30 heavy (non-hydrogen) atoms. The van der Waals surface area contributed by atoms with Crippen LogP contribution in [0.15, 0.2) is 0 Å². The van der Waals surface area contributed by atoms with Gasteiger partial charge in [-0.2, -0.15) is 26.3 Å². The Labute approximate surface area is 189 Å². The second-order valence-corrected chi connectivity index (χ2v) is 15.8. The van der Waals surface area contributed by atoms with Crippen LogP contribution in [0.3, 0.4) is 0 Å². The summed E-state index contributed by atoms with van der Waals surface area (Å²) < 4.78 is 85.5. The number of halogens is 8. The third-order valence-corrected chi connectivity index (χ3v) is 12.1. The van der Waals surface area contributed by atoms with E-state index >= 15 is 0 Å². The van der Waals surface area contributed by atoms with Gasteiger partial charge in [0.2, 0.25) is 0 Å². The van der Waals surface area contributed by atoms with Crippen LogP contribution in [0.1, 0.15) is 77.0 Å². The molecule has 8 heteroatoms. The molecule has 0 radical (unpaired) electrons. The highest BCUT2D eigenvalue weighted by Crippen LogP contribution is 2.83. The molecule has 0 aromatic heterocycles. The Morgan fingerprint density at radius 2 is 0.867 bits per heavy atom. The summed E-state index contributed by atoms with van der Waals surface area (Å²) in [7, 11) is 0. The fourth-order valence-electron chi connectivity index (χ4n) is 10.5. The average Bonchev–Trinajstić information content (AvgIpc) is 2.47. The summed E-state index contributed by atoms with van der Waals surface area (Å²) in [6.07, 6.45) is -3.97. The Hall–Kier alpha value is 0.540. The van der Waals surface area contributed by atoms with Crippen molar-refractivity contribution in [2.45, 2.75) is 98.1 Å². The molecule has 8 unspecified atom stereocenters. The number of hydrogen-bond acceptors (Lipinski definition) is 0. The van der Waals surface area contributed by atoms with Crippen molar-refractivity contribution in [3.05, 3.63) is 0 Å². The Bertz CT molecular complexity index is 744. The van der Waals surface area contributed by atoms with Gasteiger partial charge in [-0.05, 0) is 99.7 Å². The lowest BCUT2D eigenvalue weighted by atomic mass is 9.31. The van der Waals surface area contributed by atoms with Gasteiger partial charge in [0.25, 0.3) is 0 Å². The van der Waals surface area contributed by atoms with Crippen molar-refractivity contribution in [2.24, 2.45) is 33.5 Å². The van der Waals surface area contributed by atoms with Crippen molar-refractivity contribution in [2.75, 3.05) is 0 Å². The Kier molecular flexibility index (Phi) is 3.82. The van der Waals surface area contributed by atoms with E-state index in [1.165, 1.54) is 0 Å². The first-order valence-electron chi connectivity index (χ1n) is 11.1. The van der Waals surface area contributed by atoms with Gasteiger partial charge in [0.15, 0.2) is 0 Å². The SMILES string of the molecule is FC(F)(F)C12CC3CC(Br)(C1)CC(C14CC5CC(Br)(CC(C(F)(F)F)(C5)C1)C4)(C3)C2. The first-order chi connectivity index (χ1) is 13.6. The molecule has 0 heterocycles. The summed E-state index contributed by atoms with van der Waals surface area (Å²) in [5, 5.41) is 0. The first kappa shape index (κ1) is 21.1. The molecule has 170 valence electrons. The third-order valence-electron chi connectivity index (χ3n) is 10.3. The second kappa shape index (κ2) is 5.43. The van der Waals surface area contributed by atoms with Crippen LogP contribution in [-0.2, 0) is 0 Å². The van der Waals surface area contributed by atoms with Gasteiger partial charge in [-0.1, -0.05) is 31.9 Å². The Morgan fingerprint density at radius 1 is 0.500 bits per heavy atom. The molecule has 0 spiro atoms. The summed E-state index contributed by atoms with van der Waals surface area (Å²) >= 11 is 7.46. The van der Waals surface area contributed by atoms with Crippen molar-refractivity contribution < 1.29 is 26.3 Å². The first-order valence-corrected chi connectivity index (χ1v) is 12.7. The lowest BCUT2D eigenvalue weighted by Gasteiger charge is -2.76. The molecule has 8 fully saturated rings. The van der Waals surface area contributed by atoms with Crippen LogP contribution in [0.4, 0.5) is 26.3 Å². The van der Waals surface area contributed by atoms with Crippen LogP contribution >= 0.6 is 31.9 Å². The predicted octanol–water partition coefficient (Wildman–Crippen LogP) is 8.32.